The molecule has 6 amide bonds. The third kappa shape index (κ3) is 8.74. The molecule has 4 aliphatic heterocycles. The zero-order valence-corrected chi connectivity index (χ0v) is 31.0. The number of ether oxygens (including phenoxy) is 1. The number of hydrogen-bond donors (Lipinski definition) is 3. The average Bonchev–Trinajstić information content (AvgIpc) is 3.91. The minimum atomic E-state index is -1.43. The van der Waals surface area contributed by atoms with E-state index >= 15 is 0 Å². The van der Waals surface area contributed by atoms with Crippen molar-refractivity contribution < 1.29 is 42.8 Å². The second kappa shape index (κ2) is 16.8. The summed E-state index contributed by atoms with van der Waals surface area (Å²) in [5.41, 5.74) is 1.12. The van der Waals surface area contributed by atoms with Gasteiger partial charge in [0, 0.05) is 32.1 Å². The summed E-state index contributed by atoms with van der Waals surface area (Å²) in [6.07, 6.45) is 2.87. The molecule has 16 nitrogen and oxygen atoms in total. The number of aromatic nitrogens is 1. The standard InChI is InChI=1S/C38H49N7O9/c1-22-16-31-38(52)53-21-28(41-33(47)27(18-25-10-5-4-6-11-25)40-32(46)19-26-17-23(2)54-42-26)36(50)44-15-9-13-30(44)37(51)43-14-8-7-12-29(43)34(48)39-24(3)35(49)45(31)20-22/h4-6,10-11,17,22,24,27-31H,7-9,12-16,18-21H2,1-3H3,(H,39,48)(H,40,46)(H,41,47)/t22-,24+,27+,28+,29+,30+,31+/m1/s1. The highest BCUT2D eigenvalue weighted by atomic mass is 16.5. The fraction of sp³-hybridized carbons (Fsp3) is 0.579. The molecule has 0 bridgehead atoms. The molecule has 2 aromatic rings. The monoisotopic (exact) mass is 747 g/mol. The lowest BCUT2D eigenvalue weighted by atomic mass is 9.99. The quantitative estimate of drug-likeness (QED) is 0.334. The fourth-order valence-electron chi connectivity index (χ4n) is 7.96. The summed E-state index contributed by atoms with van der Waals surface area (Å²) in [5.74, 6) is -3.44. The second-order valence-electron chi connectivity index (χ2n) is 14.9. The van der Waals surface area contributed by atoms with Crippen molar-refractivity contribution in [2.24, 2.45) is 5.92 Å². The summed E-state index contributed by atoms with van der Waals surface area (Å²) in [5, 5.41) is 12.1. The van der Waals surface area contributed by atoms with E-state index in [9.17, 15) is 33.6 Å². The van der Waals surface area contributed by atoms with Gasteiger partial charge in [0.25, 0.3) is 0 Å². The smallest absolute Gasteiger partial charge is 0.328 e. The number of aryl methyl sites for hydroxylation is 1. The molecule has 7 atom stereocenters. The number of fused-ring (bicyclic) bond motifs is 3. The predicted octanol–water partition coefficient (Wildman–Crippen LogP) is 0.408. The van der Waals surface area contributed by atoms with Crippen LogP contribution >= 0.6 is 0 Å². The van der Waals surface area contributed by atoms with Crippen LogP contribution in [0, 0.1) is 12.8 Å². The van der Waals surface area contributed by atoms with Gasteiger partial charge in [-0.25, -0.2) is 4.79 Å². The molecule has 0 radical (unpaired) electrons. The largest absolute Gasteiger partial charge is 0.461 e. The first-order valence-corrected chi connectivity index (χ1v) is 18.8. The van der Waals surface area contributed by atoms with Crippen molar-refractivity contribution in [2.45, 2.75) is 108 Å². The molecular weight excluding hydrogens is 698 g/mol. The van der Waals surface area contributed by atoms with Crippen LogP contribution in [0.3, 0.4) is 0 Å². The van der Waals surface area contributed by atoms with Gasteiger partial charge in [0.05, 0.1) is 12.1 Å². The molecule has 0 saturated carbocycles. The van der Waals surface area contributed by atoms with E-state index in [-0.39, 0.29) is 37.8 Å². The van der Waals surface area contributed by atoms with Gasteiger partial charge in [0.2, 0.25) is 35.4 Å². The Morgan fingerprint density at radius 2 is 1.63 bits per heavy atom. The Labute approximate surface area is 313 Å². The molecule has 290 valence electrons. The van der Waals surface area contributed by atoms with Crippen molar-refractivity contribution in [3.8, 4) is 0 Å². The van der Waals surface area contributed by atoms with Crippen LogP contribution in [0.15, 0.2) is 40.9 Å². The van der Waals surface area contributed by atoms with Crippen LogP contribution in [0.25, 0.3) is 0 Å². The van der Waals surface area contributed by atoms with Gasteiger partial charge in [0.1, 0.15) is 48.6 Å². The molecule has 6 rings (SSSR count). The predicted molar refractivity (Wildman–Crippen MR) is 191 cm³/mol. The Morgan fingerprint density at radius 3 is 2.37 bits per heavy atom. The number of esters is 1. The number of benzene rings is 1. The van der Waals surface area contributed by atoms with Crippen molar-refractivity contribution in [3.63, 3.8) is 0 Å². The minimum absolute atomic E-state index is 0.0473. The number of carbonyl (C=O) groups is 7. The highest BCUT2D eigenvalue weighted by molar-refractivity contribution is 5.98. The Bertz CT molecular complexity index is 1750. The maximum atomic E-state index is 14.5. The lowest BCUT2D eigenvalue weighted by Gasteiger charge is -2.39. The Morgan fingerprint density at radius 1 is 0.907 bits per heavy atom. The van der Waals surface area contributed by atoms with Crippen molar-refractivity contribution >= 4 is 41.4 Å². The molecule has 54 heavy (non-hydrogen) atoms. The number of nitrogens with one attached hydrogen (secondary N) is 3. The molecular formula is C38H49N7O9. The lowest BCUT2D eigenvalue weighted by Crippen LogP contribution is -2.62. The number of carbonyl (C=O) groups excluding carboxylic acids is 7. The maximum absolute atomic E-state index is 14.5. The lowest BCUT2D eigenvalue weighted by molar-refractivity contribution is -0.158. The van der Waals surface area contributed by atoms with Crippen molar-refractivity contribution in [3.05, 3.63) is 53.4 Å². The van der Waals surface area contributed by atoms with Crippen LogP contribution in [0.5, 0.6) is 0 Å². The van der Waals surface area contributed by atoms with Crippen LogP contribution in [0.1, 0.15) is 69.4 Å². The van der Waals surface area contributed by atoms with E-state index < -0.39 is 78.4 Å². The van der Waals surface area contributed by atoms with Crippen LogP contribution in [0.4, 0.5) is 0 Å². The molecule has 0 spiro atoms. The summed E-state index contributed by atoms with van der Waals surface area (Å²) in [6, 6.07) is 4.39. The van der Waals surface area contributed by atoms with E-state index in [0.29, 0.717) is 56.5 Å². The summed E-state index contributed by atoms with van der Waals surface area (Å²) >= 11 is 0. The Hall–Kier alpha value is -5.28. The normalized spacial score (nSPS) is 27.4. The van der Waals surface area contributed by atoms with Gasteiger partial charge in [-0.3, -0.25) is 28.8 Å². The van der Waals surface area contributed by atoms with E-state index in [4.69, 9.17) is 9.26 Å². The first-order chi connectivity index (χ1) is 25.9. The Balaban J connectivity index is 1.29. The number of rotatable bonds is 7. The molecule has 3 N–H and O–H groups in total. The summed E-state index contributed by atoms with van der Waals surface area (Å²) in [4.78, 5) is 101. The van der Waals surface area contributed by atoms with Crippen molar-refractivity contribution in [1.29, 1.82) is 0 Å². The molecule has 4 saturated heterocycles. The van der Waals surface area contributed by atoms with E-state index in [2.05, 4.69) is 21.1 Å². The minimum Gasteiger partial charge on any atom is -0.461 e. The van der Waals surface area contributed by atoms with Gasteiger partial charge in [-0.05, 0) is 63.9 Å². The number of amides is 6. The summed E-state index contributed by atoms with van der Waals surface area (Å²) in [7, 11) is 0. The van der Waals surface area contributed by atoms with Crippen LogP contribution in [-0.4, -0.2) is 124 Å². The van der Waals surface area contributed by atoms with Gasteiger partial charge in [-0.1, -0.05) is 42.4 Å². The van der Waals surface area contributed by atoms with Gasteiger partial charge < -0.3 is 39.9 Å². The summed E-state index contributed by atoms with van der Waals surface area (Å²) in [6.45, 7) is 5.37. The average molecular weight is 748 g/mol. The SMILES string of the molecule is Cc1cc(CC(=O)N[C@@H](Cc2ccccc2)C(=O)N[C@H]2COC(=O)[C@@H]3C[C@@H](C)CN3C(=O)[C@H](C)NC(=O)[C@@H]3CCCCN3C(=O)[C@@H]3CCCN3C2=O)no1. The zero-order chi connectivity index (χ0) is 38.5. The number of piperidine rings is 1. The molecule has 1 aromatic carbocycles. The summed E-state index contributed by atoms with van der Waals surface area (Å²) < 4.78 is 10.8. The van der Waals surface area contributed by atoms with E-state index in [1.807, 2.05) is 13.0 Å². The highest BCUT2D eigenvalue weighted by Crippen LogP contribution is 2.28. The second-order valence-corrected chi connectivity index (χ2v) is 14.9. The zero-order valence-electron chi connectivity index (χ0n) is 31.0. The van der Waals surface area contributed by atoms with Crippen molar-refractivity contribution in [2.75, 3.05) is 26.2 Å². The van der Waals surface area contributed by atoms with E-state index in [1.165, 1.54) is 14.7 Å². The Kier molecular flexibility index (Phi) is 12.0. The number of cyclic esters (lactones) is 1. The molecule has 16 heteroatoms. The fourth-order valence-corrected chi connectivity index (χ4v) is 7.96. The third-order valence-corrected chi connectivity index (χ3v) is 10.7. The third-order valence-electron chi connectivity index (χ3n) is 10.7. The van der Waals surface area contributed by atoms with Crippen LogP contribution in [0.2, 0.25) is 0 Å². The molecule has 4 aliphatic rings. The van der Waals surface area contributed by atoms with Crippen molar-refractivity contribution in [1.82, 2.24) is 35.8 Å². The van der Waals surface area contributed by atoms with Crippen LogP contribution in [-0.2, 0) is 51.1 Å². The van der Waals surface area contributed by atoms with Gasteiger partial charge >= 0.3 is 5.97 Å². The van der Waals surface area contributed by atoms with E-state index in [1.54, 1.807) is 44.2 Å². The number of hydrogen-bond acceptors (Lipinski definition) is 10. The molecule has 0 unspecified atom stereocenters. The first-order valence-electron chi connectivity index (χ1n) is 18.8. The van der Waals surface area contributed by atoms with Gasteiger partial charge in [-0.2, -0.15) is 0 Å². The first kappa shape index (κ1) is 38.4. The molecule has 4 fully saturated rings. The molecule has 1 aromatic heterocycles. The van der Waals surface area contributed by atoms with Gasteiger partial charge in [-0.15, -0.1) is 0 Å². The van der Waals surface area contributed by atoms with E-state index in [0.717, 1.165) is 5.56 Å². The number of nitrogens with zero attached hydrogens (tertiary/aromatic N) is 4. The molecule has 5 heterocycles. The molecule has 0 aliphatic carbocycles. The van der Waals surface area contributed by atoms with Gasteiger partial charge in [0.15, 0.2) is 0 Å². The topological polar surface area (TPSA) is 201 Å². The maximum Gasteiger partial charge on any atom is 0.328 e. The van der Waals surface area contributed by atoms with Crippen LogP contribution < -0.4 is 16.0 Å². The highest BCUT2D eigenvalue weighted by Gasteiger charge is 2.46.